The molecule has 0 fully saturated rings. The summed E-state index contributed by atoms with van der Waals surface area (Å²) in [6.07, 6.45) is 1.46. The topological polar surface area (TPSA) is 43.4 Å². The van der Waals surface area contributed by atoms with E-state index < -0.39 is 5.97 Å². The Morgan fingerprint density at radius 2 is 1.65 bits per heavy atom. The van der Waals surface area contributed by atoms with E-state index in [4.69, 9.17) is 23.2 Å². The number of hydrogen-bond acceptors (Lipinski definition) is 3. The van der Waals surface area contributed by atoms with Crippen LogP contribution in [0.1, 0.15) is 18.4 Å². The van der Waals surface area contributed by atoms with Crippen LogP contribution in [-0.4, -0.2) is 30.8 Å². The minimum absolute atomic E-state index is 0. The maximum absolute atomic E-state index is 10.3. The second-order valence-corrected chi connectivity index (χ2v) is 5.01. The number of aryl methyl sites for hydroxylation is 1. The molecule has 0 aliphatic heterocycles. The van der Waals surface area contributed by atoms with Crippen LogP contribution in [-0.2, 0) is 11.2 Å². The maximum Gasteiger partial charge on any atom is 1.00 e. The standard InChI is InChI=1S/C14H19Cl2NO2.K/c15-8-10-17(11-9-16)13-6-4-12(5-7-13)2-1-3-14(18)19;/h4-7H,1-3,8-11H2,(H,18,19);/q;+1/p-1. The predicted octanol–water partition coefficient (Wildman–Crippen LogP) is -0.953. The quantitative estimate of drug-likeness (QED) is 0.429. The van der Waals surface area contributed by atoms with Gasteiger partial charge in [0.25, 0.3) is 0 Å². The van der Waals surface area contributed by atoms with Crippen molar-refractivity contribution in [2.75, 3.05) is 29.7 Å². The summed E-state index contributed by atoms with van der Waals surface area (Å²) < 4.78 is 0. The molecular weight excluding hydrogens is 324 g/mol. The van der Waals surface area contributed by atoms with Gasteiger partial charge in [-0.15, -0.1) is 23.2 Å². The van der Waals surface area contributed by atoms with E-state index in [1.54, 1.807) is 0 Å². The summed E-state index contributed by atoms with van der Waals surface area (Å²) in [5.74, 6) is 0.126. The number of anilines is 1. The van der Waals surface area contributed by atoms with Crippen LogP contribution in [0.2, 0.25) is 0 Å². The van der Waals surface area contributed by atoms with Crippen molar-refractivity contribution in [2.24, 2.45) is 0 Å². The normalized spacial score (nSPS) is 9.90. The number of benzene rings is 1. The van der Waals surface area contributed by atoms with Crippen LogP contribution in [0, 0.1) is 0 Å². The van der Waals surface area contributed by atoms with E-state index in [0.29, 0.717) is 18.2 Å². The minimum atomic E-state index is -0.993. The van der Waals surface area contributed by atoms with Gasteiger partial charge in [0, 0.05) is 36.5 Å². The van der Waals surface area contributed by atoms with Crippen molar-refractivity contribution in [3.8, 4) is 0 Å². The number of alkyl halides is 2. The van der Waals surface area contributed by atoms with Gasteiger partial charge < -0.3 is 14.8 Å². The van der Waals surface area contributed by atoms with Crippen molar-refractivity contribution >= 4 is 34.9 Å². The number of rotatable bonds is 9. The molecule has 0 heterocycles. The summed E-state index contributed by atoms with van der Waals surface area (Å²) in [7, 11) is 0. The Morgan fingerprint density at radius 3 is 2.10 bits per heavy atom. The third-order valence-corrected chi connectivity index (χ3v) is 3.19. The SMILES string of the molecule is O=C([O-])CCCc1ccc(N(CCCl)CCCl)cc1.[K+]. The molecule has 0 bridgehead atoms. The van der Waals surface area contributed by atoms with Gasteiger partial charge in [0.2, 0.25) is 0 Å². The first-order chi connectivity index (χ1) is 9.17. The number of carbonyl (C=O) groups excluding carboxylic acids is 1. The fourth-order valence-electron chi connectivity index (χ4n) is 1.88. The molecule has 0 atom stereocenters. The van der Waals surface area contributed by atoms with Crippen molar-refractivity contribution in [3.05, 3.63) is 29.8 Å². The summed E-state index contributed by atoms with van der Waals surface area (Å²) in [6.45, 7) is 1.52. The molecule has 0 amide bonds. The van der Waals surface area contributed by atoms with E-state index in [1.165, 1.54) is 0 Å². The largest absolute Gasteiger partial charge is 1.00 e. The average Bonchev–Trinajstić information content (AvgIpc) is 2.39. The van der Waals surface area contributed by atoms with Gasteiger partial charge in [0.05, 0.1) is 0 Å². The summed E-state index contributed by atoms with van der Waals surface area (Å²) >= 11 is 11.5. The van der Waals surface area contributed by atoms with Crippen LogP contribution < -0.4 is 61.4 Å². The van der Waals surface area contributed by atoms with Crippen molar-refractivity contribution in [1.82, 2.24) is 0 Å². The third-order valence-electron chi connectivity index (χ3n) is 2.86. The zero-order valence-electron chi connectivity index (χ0n) is 11.8. The number of halogens is 2. The van der Waals surface area contributed by atoms with Gasteiger partial charge in [0.15, 0.2) is 0 Å². The molecule has 1 rings (SSSR count). The molecule has 106 valence electrons. The molecule has 1 aromatic rings. The van der Waals surface area contributed by atoms with Gasteiger partial charge in [-0.1, -0.05) is 12.1 Å². The minimum Gasteiger partial charge on any atom is -0.550 e. The molecule has 20 heavy (non-hydrogen) atoms. The zero-order valence-corrected chi connectivity index (χ0v) is 16.4. The van der Waals surface area contributed by atoms with Crippen LogP contribution in [0.3, 0.4) is 0 Å². The molecule has 0 radical (unpaired) electrons. The molecule has 1 aromatic carbocycles. The monoisotopic (exact) mass is 341 g/mol. The molecular formula is C14H18Cl2KNO2. The summed E-state index contributed by atoms with van der Waals surface area (Å²) in [5, 5.41) is 10.3. The molecule has 0 aliphatic rings. The predicted molar refractivity (Wildman–Crippen MR) is 78.0 cm³/mol. The first-order valence-corrected chi connectivity index (χ1v) is 7.40. The van der Waals surface area contributed by atoms with Gasteiger partial charge in [-0.25, -0.2) is 0 Å². The Balaban J connectivity index is 0.00000361. The summed E-state index contributed by atoms with van der Waals surface area (Å²) in [4.78, 5) is 12.5. The fraction of sp³-hybridized carbons (Fsp3) is 0.500. The Morgan fingerprint density at radius 1 is 1.10 bits per heavy atom. The van der Waals surface area contributed by atoms with E-state index in [2.05, 4.69) is 4.90 Å². The van der Waals surface area contributed by atoms with Crippen LogP contribution in [0.15, 0.2) is 24.3 Å². The van der Waals surface area contributed by atoms with Crippen LogP contribution in [0.5, 0.6) is 0 Å². The molecule has 0 unspecified atom stereocenters. The molecule has 0 spiro atoms. The second-order valence-electron chi connectivity index (χ2n) is 4.26. The van der Waals surface area contributed by atoms with E-state index in [9.17, 15) is 9.90 Å². The first kappa shape index (κ1) is 20.7. The molecule has 0 saturated carbocycles. The summed E-state index contributed by atoms with van der Waals surface area (Å²) in [6, 6.07) is 8.07. The van der Waals surface area contributed by atoms with Crippen LogP contribution >= 0.6 is 23.2 Å². The van der Waals surface area contributed by atoms with Crippen molar-refractivity contribution in [2.45, 2.75) is 19.3 Å². The van der Waals surface area contributed by atoms with Crippen LogP contribution in [0.4, 0.5) is 5.69 Å². The zero-order chi connectivity index (χ0) is 14.1. The first-order valence-electron chi connectivity index (χ1n) is 6.33. The van der Waals surface area contributed by atoms with Gasteiger partial charge >= 0.3 is 51.4 Å². The van der Waals surface area contributed by atoms with E-state index in [1.807, 2.05) is 24.3 Å². The number of carboxylic acids is 1. The number of nitrogens with zero attached hydrogens (tertiary/aromatic N) is 1. The van der Waals surface area contributed by atoms with E-state index in [0.717, 1.165) is 30.8 Å². The van der Waals surface area contributed by atoms with E-state index >= 15 is 0 Å². The van der Waals surface area contributed by atoms with Gasteiger partial charge in [-0.3, -0.25) is 0 Å². The molecule has 0 aromatic heterocycles. The van der Waals surface area contributed by atoms with Crippen molar-refractivity contribution in [3.63, 3.8) is 0 Å². The van der Waals surface area contributed by atoms with Crippen molar-refractivity contribution < 1.29 is 61.3 Å². The number of aliphatic carboxylic acids is 1. The third kappa shape index (κ3) is 8.22. The second kappa shape index (κ2) is 12.3. The van der Waals surface area contributed by atoms with Crippen molar-refractivity contribution in [1.29, 1.82) is 0 Å². The smallest absolute Gasteiger partial charge is 0.550 e. The van der Waals surface area contributed by atoms with Gasteiger partial charge in [0.1, 0.15) is 0 Å². The molecule has 6 heteroatoms. The Hall–Kier alpha value is 0.706. The molecule has 3 nitrogen and oxygen atoms in total. The van der Waals surface area contributed by atoms with Gasteiger partial charge in [-0.2, -0.15) is 0 Å². The summed E-state index contributed by atoms with van der Waals surface area (Å²) in [5.41, 5.74) is 2.21. The Kier molecular flexibility index (Phi) is 12.7. The molecule has 0 N–H and O–H groups in total. The van der Waals surface area contributed by atoms with Gasteiger partial charge in [-0.05, 0) is 37.0 Å². The maximum atomic E-state index is 10.3. The Bertz CT molecular complexity index is 381. The average molecular weight is 342 g/mol. The number of carbonyl (C=O) groups is 1. The van der Waals surface area contributed by atoms with E-state index in [-0.39, 0.29) is 57.8 Å². The molecule has 0 saturated heterocycles. The fourth-order valence-corrected chi connectivity index (χ4v) is 2.29. The number of hydrogen-bond donors (Lipinski definition) is 0. The molecule has 0 aliphatic carbocycles. The van der Waals surface area contributed by atoms with Crippen LogP contribution in [0.25, 0.3) is 0 Å². The Labute approximate surface area is 173 Å². The number of carboxylic acid groups (broad SMARTS) is 1.